The van der Waals surface area contributed by atoms with Crippen LogP contribution >= 0.6 is 0 Å². The molecule has 2 amide bonds. The number of aromatic nitrogens is 1. The summed E-state index contributed by atoms with van der Waals surface area (Å²) >= 11 is 0. The van der Waals surface area contributed by atoms with Gasteiger partial charge in [0, 0.05) is 17.2 Å². The second kappa shape index (κ2) is 8.99. The molecule has 160 valence electrons. The van der Waals surface area contributed by atoms with E-state index in [9.17, 15) is 14.0 Å². The van der Waals surface area contributed by atoms with Crippen molar-refractivity contribution in [2.45, 2.75) is 26.3 Å². The summed E-state index contributed by atoms with van der Waals surface area (Å²) in [6, 6.07) is 13.2. The number of carbonyl (C=O) groups is 2. The molecule has 3 aromatic rings. The van der Waals surface area contributed by atoms with Crippen LogP contribution < -0.4 is 15.4 Å². The van der Waals surface area contributed by atoms with Crippen molar-refractivity contribution < 1.29 is 23.2 Å². The quantitative estimate of drug-likeness (QED) is 0.564. The smallest absolute Gasteiger partial charge is 0.313 e. The molecule has 0 bridgehead atoms. The molecule has 0 aliphatic heterocycles. The van der Waals surface area contributed by atoms with Crippen LogP contribution in [0.15, 0.2) is 53.1 Å². The summed E-state index contributed by atoms with van der Waals surface area (Å²) in [6.45, 7) is 2.32. The molecule has 0 unspecified atom stereocenters. The lowest BCUT2D eigenvalue weighted by Gasteiger charge is -2.12. The summed E-state index contributed by atoms with van der Waals surface area (Å²) < 4.78 is 24.6. The van der Waals surface area contributed by atoms with Crippen LogP contribution in [0, 0.1) is 18.7 Å². The van der Waals surface area contributed by atoms with E-state index in [-0.39, 0.29) is 18.0 Å². The van der Waals surface area contributed by atoms with Gasteiger partial charge >= 0.3 is 11.8 Å². The number of benzene rings is 2. The molecule has 1 heterocycles. The van der Waals surface area contributed by atoms with Gasteiger partial charge < -0.3 is 19.9 Å². The Bertz CT molecular complexity index is 1090. The number of carbonyl (C=O) groups excluding carboxylic acids is 2. The minimum Gasteiger partial charge on any atom is -0.491 e. The molecule has 0 saturated heterocycles. The van der Waals surface area contributed by atoms with Crippen LogP contribution in [0.4, 0.5) is 10.1 Å². The number of halogens is 1. The average molecular weight is 423 g/mol. The third-order valence-corrected chi connectivity index (χ3v) is 5.04. The average Bonchev–Trinajstić information content (AvgIpc) is 3.54. The van der Waals surface area contributed by atoms with Gasteiger partial charge in [-0.3, -0.25) is 9.59 Å². The molecule has 0 atom stereocenters. The Morgan fingerprint density at radius 3 is 2.68 bits per heavy atom. The first-order valence-electron chi connectivity index (χ1n) is 10.0. The lowest BCUT2D eigenvalue weighted by Crippen LogP contribution is -2.35. The van der Waals surface area contributed by atoms with Crippen LogP contribution in [0.1, 0.15) is 24.1 Å². The van der Waals surface area contributed by atoms with Gasteiger partial charge in [-0.15, -0.1) is 0 Å². The maximum Gasteiger partial charge on any atom is 0.313 e. The second-order valence-electron chi connectivity index (χ2n) is 7.48. The number of rotatable bonds is 7. The zero-order chi connectivity index (χ0) is 21.8. The van der Waals surface area contributed by atoms with Gasteiger partial charge in [-0.05, 0) is 37.8 Å². The number of amides is 2. The Hall–Kier alpha value is -3.68. The van der Waals surface area contributed by atoms with E-state index in [2.05, 4.69) is 15.8 Å². The van der Waals surface area contributed by atoms with E-state index in [1.54, 1.807) is 0 Å². The van der Waals surface area contributed by atoms with Crippen molar-refractivity contribution in [2.75, 3.05) is 11.9 Å². The number of nitrogens with one attached hydrogen (secondary N) is 2. The maximum atomic E-state index is 13.6. The summed E-state index contributed by atoms with van der Waals surface area (Å²) in [5, 5.41) is 9.00. The summed E-state index contributed by atoms with van der Waals surface area (Å²) in [6.07, 6.45) is 2.15. The minimum atomic E-state index is -0.882. The third-order valence-electron chi connectivity index (χ3n) is 5.04. The van der Waals surface area contributed by atoms with Gasteiger partial charge in [0.1, 0.15) is 17.3 Å². The van der Waals surface area contributed by atoms with Gasteiger partial charge in [0.15, 0.2) is 5.76 Å². The Morgan fingerprint density at radius 1 is 1.16 bits per heavy atom. The van der Waals surface area contributed by atoms with Crippen molar-refractivity contribution in [1.29, 1.82) is 0 Å². The maximum absolute atomic E-state index is 13.6. The molecule has 2 aromatic carbocycles. The summed E-state index contributed by atoms with van der Waals surface area (Å²) in [7, 11) is 0. The molecular formula is C23H22FN3O4. The largest absolute Gasteiger partial charge is 0.491 e. The lowest BCUT2D eigenvalue weighted by atomic mass is 10.1. The van der Waals surface area contributed by atoms with Crippen molar-refractivity contribution >= 4 is 17.5 Å². The molecule has 0 radical (unpaired) electrons. The van der Waals surface area contributed by atoms with Crippen molar-refractivity contribution in [2.24, 2.45) is 5.92 Å². The van der Waals surface area contributed by atoms with Crippen LogP contribution in [-0.2, 0) is 16.1 Å². The molecule has 4 rings (SSSR count). The predicted octanol–water partition coefficient (Wildman–Crippen LogP) is 3.83. The number of nitrogens with zero attached hydrogens (tertiary/aromatic N) is 1. The zero-order valence-electron chi connectivity index (χ0n) is 17.0. The first-order valence-corrected chi connectivity index (χ1v) is 10.0. The fraction of sp³-hybridized carbons (Fsp3) is 0.261. The minimum absolute atomic E-state index is 0.0306. The molecule has 1 saturated carbocycles. The van der Waals surface area contributed by atoms with Crippen LogP contribution in [0.25, 0.3) is 11.3 Å². The number of hydrogen-bond donors (Lipinski definition) is 2. The standard InChI is InChI=1S/C23H22FN3O4/c1-14-19(27-31-21(14)16-5-3-2-4-6-16)12-25-22(28)23(29)26-18-10-9-17(24)11-20(18)30-13-15-7-8-15/h2-6,9-11,15H,7-8,12-13H2,1H3,(H,25,28)(H,26,29). The molecule has 1 aromatic heterocycles. The third kappa shape index (κ3) is 5.09. The molecule has 0 spiro atoms. The fourth-order valence-electron chi connectivity index (χ4n) is 3.03. The van der Waals surface area contributed by atoms with E-state index in [1.165, 1.54) is 18.2 Å². The highest BCUT2D eigenvalue weighted by atomic mass is 19.1. The Morgan fingerprint density at radius 2 is 1.94 bits per heavy atom. The molecule has 1 aliphatic rings. The summed E-state index contributed by atoms with van der Waals surface area (Å²) in [4.78, 5) is 24.6. The highest BCUT2D eigenvalue weighted by molar-refractivity contribution is 6.39. The van der Waals surface area contributed by atoms with Gasteiger partial charge in [-0.1, -0.05) is 35.5 Å². The van der Waals surface area contributed by atoms with Crippen LogP contribution in [-0.4, -0.2) is 23.6 Å². The highest BCUT2D eigenvalue weighted by Crippen LogP contribution is 2.32. The monoisotopic (exact) mass is 423 g/mol. The lowest BCUT2D eigenvalue weighted by molar-refractivity contribution is -0.136. The summed E-state index contributed by atoms with van der Waals surface area (Å²) in [5.41, 5.74) is 2.42. The molecule has 2 N–H and O–H groups in total. The first kappa shape index (κ1) is 20.6. The number of ether oxygens (including phenoxy) is 1. The van der Waals surface area contributed by atoms with Crippen molar-refractivity contribution in [3.05, 3.63) is 65.6 Å². The molecule has 8 heteroatoms. The Balaban J connectivity index is 1.36. The molecular weight excluding hydrogens is 401 g/mol. The van der Waals surface area contributed by atoms with Gasteiger partial charge in [0.25, 0.3) is 0 Å². The topological polar surface area (TPSA) is 93.5 Å². The highest BCUT2D eigenvalue weighted by Gasteiger charge is 2.23. The molecule has 7 nitrogen and oxygen atoms in total. The first-order chi connectivity index (χ1) is 15.0. The van der Waals surface area contributed by atoms with E-state index in [0.29, 0.717) is 24.0 Å². The van der Waals surface area contributed by atoms with E-state index < -0.39 is 17.6 Å². The molecule has 1 fully saturated rings. The van der Waals surface area contributed by atoms with E-state index >= 15 is 0 Å². The fourth-order valence-corrected chi connectivity index (χ4v) is 3.03. The SMILES string of the molecule is Cc1c(CNC(=O)C(=O)Nc2ccc(F)cc2OCC2CC2)noc1-c1ccccc1. The van der Waals surface area contributed by atoms with Crippen LogP contribution in [0.5, 0.6) is 5.75 Å². The second-order valence-corrected chi connectivity index (χ2v) is 7.48. The number of anilines is 1. The van der Waals surface area contributed by atoms with Gasteiger partial charge in [-0.25, -0.2) is 4.39 Å². The Labute approximate surface area is 178 Å². The van der Waals surface area contributed by atoms with Gasteiger partial charge in [0.2, 0.25) is 0 Å². The molecule has 31 heavy (non-hydrogen) atoms. The van der Waals surface area contributed by atoms with Gasteiger partial charge in [0.05, 0.1) is 18.8 Å². The van der Waals surface area contributed by atoms with Crippen molar-refractivity contribution in [1.82, 2.24) is 10.5 Å². The van der Waals surface area contributed by atoms with Gasteiger partial charge in [-0.2, -0.15) is 0 Å². The summed E-state index contributed by atoms with van der Waals surface area (Å²) in [5.74, 6) is -0.940. The van der Waals surface area contributed by atoms with Crippen molar-refractivity contribution in [3.8, 4) is 17.1 Å². The zero-order valence-corrected chi connectivity index (χ0v) is 17.0. The van der Waals surface area contributed by atoms with Crippen LogP contribution in [0.2, 0.25) is 0 Å². The molecule has 1 aliphatic carbocycles. The number of hydrogen-bond acceptors (Lipinski definition) is 5. The van der Waals surface area contributed by atoms with Crippen LogP contribution in [0.3, 0.4) is 0 Å². The van der Waals surface area contributed by atoms with Crippen molar-refractivity contribution in [3.63, 3.8) is 0 Å². The van der Waals surface area contributed by atoms with E-state index in [0.717, 1.165) is 24.0 Å². The Kier molecular flexibility index (Phi) is 5.97. The predicted molar refractivity (Wildman–Crippen MR) is 112 cm³/mol. The van der Waals surface area contributed by atoms with E-state index in [4.69, 9.17) is 9.26 Å². The van der Waals surface area contributed by atoms with E-state index in [1.807, 2.05) is 37.3 Å². The normalized spacial score (nSPS) is 13.0.